The summed E-state index contributed by atoms with van der Waals surface area (Å²) in [7, 11) is 1.80. The van der Waals surface area contributed by atoms with E-state index < -0.39 is 0 Å². The van der Waals surface area contributed by atoms with Crippen molar-refractivity contribution >= 4 is 5.91 Å². The third-order valence-electron chi connectivity index (χ3n) is 5.78. The molecule has 2 fully saturated rings. The number of hydrogen-bond acceptors (Lipinski definition) is 4. The average molecular weight is 330 g/mol. The Morgan fingerprint density at radius 3 is 3.04 bits per heavy atom. The third-order valence-corrected chi connectivity index (χ3v) is 5.78. The first-order valence-corrected chi connectivity index (χ1v) is 9.04. The predicted molar refractivity (Wildman–Crippen MR) is 90.3 cm³/mol. The Kier molecular flexibility index (Phi) is 4.46. The van der Waals surface area contributed by atoms with Crippen LogP contribution < -0.4 is 0 Å². The Labute approximate surface area is 143 Å². The molecule has 1 aliphatic carbocycles. The lowest BCUT2D eigenvalue weighted by Crippen LogP contribution is -2.53. The number of hydrogen-bond donors (Lipinski definition) is 0. The predicted octanol–water partition coefficient (Wildman–Crippen LogP) is 2.44. The minimum atomic E-state index is 0.248. The number of rotatable bonds is 4. The first-order chi connectivity index (χ1) is 11.8. The minimum absolute atomic E-state index is 0.248. The van der Waals surface area contributed by atoms with E-state index in [9.17, 15) is 4.79 Å². The molecule has 1 amide bonds. The molecule has 1 aromatic rings. The highest BCUT2D eigenvalue weighted by molar-refractivity contribution is 5.94. The molecule has 5 nitrogen and oxygen atoms in total. The van der Waals surface area contributed by atoms with Crippen LogP contribution >= 0.6 is 0 Å². The summed E-state index contributed by atoms with van der Waals surface area (Å²) in [5.41, 5.74) is 1.02. The highest BCUT2D eigenvalue weighted by Crippen LogP contribution is 2.35. The van der Waals surface area contributed by atoms with E-state index in [1.165, 1.54) is 0 Å². The zero-order valence-corrected chi connectivity index (χ0v) is 14.3. The molecule has 3 aliphatic rings. The molecule has 2 aliphatic heterocycles. The van der Waals surface area contributed by atoms with Crippen molar-refractivity contribution < 1.29 is 13.9 Å². The van der Waals surface area contributed by atoms with E-state index in [1.807, 2.05) is 12.1 Å². The number of allylic oxidation sites excluding steroid dienone is 1. The molecule has 0 saturated carbocycles. The van der Waals surface area contributed by atoms with E-state index in [2.05, 4.69) is 15.9 Å². The summed E-state index contributed by atoms with van der Waals surface area (Å²) in [4.78, 5) is 17.5. The van der Waals surface area contributed by atoms with Gasteiger partial charge in [0, 0.05) is 38.2 Å². The first kappa shape index (κ1) is 15.9. The molecule has 2 saturated heterocycles. The van der Waals surface area contributed by atoms with Gasteiger partial charge in [-0.3, -0.25) is 9.69 Å². The van der Waals surface area contributed by atoms with Gasteiger partial charge in [0.1, 0.15) is 5.76 Å². The Morgan fingerprint density at radius 2 is 2.33 bits per heavy atom. The standard InChI is InChI=1S/C19H26N2O3/c1-23-18-8-9-21(19(22)14-5-2-3-6-14)17-13-20(12-16(17)18)11-15-7-4-10-24-15/h4-5,7,10,16-18H,2-3,6,8-9,11-13H2,1H3/t16-,17+,18-/m1/s1. The van der Waals surface area contributed by atoms with E-state index in [4.69, 9.17) is 9.15 Å². The summed E-state index contributed by atoms with van der Waals surface area (Å²) >= 11 is 0. The average Bonchev–Trinajstić information content (AvgIpc) is 3.34. The minimum Gasteiger partial charge on any atom is -0.468 e. The maximum Gasteiger partial charge on any atom is 0.249 e. The summed E-state index contributed by atoms with van der Waals surface area (Å²) in [6.07, 6.45) is 8.15. The highest BCUT2D eigenvalue weighted by atomic mass is 16.5. The van der Waals surface area contributed by atoms with E-state index >= 15 is 0 Å². The zero-order chi connectivity index (χ0) is 16.5. The number of amides is 1. The second-order valence-electron chi connectivity index (χ2n) is 7.19. The Bertz CT molecular complexity index is 610. The first-order valence-electron chi connectivity index (χ1n) is 9.04. The molecule has 3 atom stereocenters. The second-order valence-corrected chi connectivity index (χ2v) is 7.19. The topological polar surface area (TPSA) is 45.9 Å². The highest BCUT2D eigenvalue weighted by Gasteiger charge is 2.46. The van der Waals surface area contributed by atoms with Crippen LogP contribution in [0.1, 0.15) is 31.4 Å². The molecule has 0 aromatic carbocycles. The molecule has 3 heterocycles. The number of methoxy groups -OCH3 is 1. The molecule has 0 spiro atoms. The van der Waals surface area contributed by atoms with Crippen molar-refractivity contribution in [2.24, 2.45) is 5.92 Å². The van der Waals surface area contributed by atoms with Gasteiger partial charge in [0.05, 0.1) is 25.0 Å². The molecule has 0 N–H and O–H groups in total. The van der Waals surface area contributed by atoms with Gasteiger partial charge in [-0.25, -0.2) is 0 Å². The Hall–Kier alpha value is -1.59. The fourth-order valence-corrected chi connectivity index (χ4v) is 4.58. The lowest BCUT2D eigenvalue weighted by Gasteiger charge is -2.41. The monoisotopic (exact) mass is 330 g/mol. The number of furan rings is 1. The lowest BCUT2D eigenvalue weighted by molar-refractivity contribution is -0.134. The molecule has 5 heteroatoms. The van der Waals surface area contributed by atoms with Crippen LogP contribution in [0.25, 0.3) is 0 Å². The van der Waals surface area contributed by atoms with Crippen molar-refractivity contribution in [3.05, 3.63) is 35.8 Å². The molecule has 24 heavy (non-hydrogen) atoms. The zero-order valence-electron chi connectivity index (χ0n) is 14.3. The van der Waals surface area contributed by atoms with Gasteiger partial charge in [-0.15, -0.1) is 0 Å². The van der Waals surface area contributed by atoms with Gasteiger partial charge in [0.15, 0.2) is 0 Å². The number of nitrogens with zero attached hydrogens (tertiary/aromatic N) is 2. The van der Waals surface area contributed by atoms with Crippen molar-refractivity contribution in [3.63, 3.8) is 0 Å². The number of fused-ring (bicyclic) bond motifs is 1. The summed E-state index contributed by atoms with van der Waals surface area (Å²) in [6.45, 7) is 3.49. The Balaban J connectivity index is 1.50. The van der Waals surface area contributed by atoms with Crippen LogP contribution in [0.3, 0.4) is 0 Å². The van der Waals surface area contributed by atoms with Crippen molar-refractivity contribution in [1.82, 2.24) is 9.80 Å². The van der Waals surface area contributed by atoms with Crippen molar-refractivity contribution in [3.8, 4) is 0 Å². The van der Waals surface area contributed by atoms with Crippen molar-refractivity contribution in [1.29, 1.82) is 0 Å². The van der Waals surface area contributed by atoms with E-state index in [1.54, 1.807) is 13.4 Å². The van der Waals surface area contributed by atoms with E-state index in [-0.39, 0.29) is 18.1 Å². The number of ether oxygens (including phenoxy) is 1. The third kappa shape index (κ3) is 2.91. The number of piperidine rings is 1. The van der Waals surface area contributed by atoms with Crippen molar-refractivity contribution in [2.75, 3.05) is 26.7 Å². The van der Waals surface area contributed by atoms with Gasteiger partial charge >= 0.3 is 0 Å². The molecule has 130 valence electrons. The molecule has 0 bridgehead atoms. The van der Waals surface area contributed by atoms with Crippen LogP contribution in [0.2, 0.25) is 0 Å². The van der Waals surface area contributed by atoms with Gasteiger partial charge in [0.2, 0.25) is 5.91 Å². The summed E-state index contributed by atoms with van der Waals surface area (Å²) < 4.78 is 11.2. The van der Waals surface area contributed by atoms with Gasteiger partial charge in [0.25, 0.3) is 0 Å². The van der Waals surface area contributed by atoms with E-state index in [0.29, 0.717) is 5.92 Å². The molecular weight excluding hydrogens is 304 g/mol. The molecular formula is C19H26N2O3. The van der Waals surface area contributed by atoms with Gasteiger partial charge in [-0.1, -0.05) is 6.08 Å². The van der Waals surface area contributed by atoms with Crippen LogP contribution in [0.5, 0.6) is 0 Å². The van der Waals surface area contributed by atoms with Gasteiger partial charge in [-0.05, 0) is 37.8 Å². The van der Waals surface area contributed by atoms with Crippen LogP contribution in [-0.2, 0) is 16.1 Å². The molecule has 0 radical (unpaired) electrons. The number of carbonyl (C=O) groups excluding carboxylic acids is 1. The fourth-order valence-electron chi connectivity index (χ4n) is 4.58. The summed E-state index contributed by atoms with van der Waals surface area (Å²) in [5.74, 6) is 1.64. The van der Waals surface area contributed by atoms with Crippen LogP contribution in [0.15, 0.2) is 34.5 Å². The quantitative estimate of drug-likeness (QED) is 0.851. The maximum atomic E-state index is 12.9. The molecule has 0 unspecified atom stereocenters. The second kappa shape index (κ2) is 6.73. The SMILES string of the molecule is CO[C@@H]1CCN(C(=O)C2=CCCC2)[C@H]2CN(Cc3ccco3)C[C@@H]12. The normalized spacial score (nSPS) is 30.5. The Morgan fingerprint density at radius 1 is 1.42 bits per heavy atom. The van der Waals surface area contributed by atoms with Gasteiger partial charge < -0.3 is 14.1 Å². The van der Waals surface area contributed by atoms with Crippen LogP contribution in [0, 0.1) is 5.92 Å². The summed E-state index contributed by atoms with van der Waals surface area (Å²) in [5, 5.41) is 0. The molecule has 4 rings (SSSR count). The lowest BCUT2D eigenvalue weighted by atomic mass is 9.88. The van der Waals surface area contributed by atoms with E-state index in [0.717, 1.165) is 63.2 Å². The smallest absolute Gasteiger partial charge is 0.249 e. The van der Waals surface area contributed by atoms with Crippen LogP contribution in [0.4, 0.5) is 0 Å². The number of carbonyl (C=O) groups is 1. The molecule has 1 aromatic heterocycles. The number of likely N-dealkylation sites (tertiary alicyclic amines) is 2. The van der Waals surface area contributed by atoms with Crippen molar-refractivity contribution in [2.45, 2.75) is 44.4 Å². The summed E-state index contributed by atoms with van der Waals surface area (Å²) in [6, 6.07) is 4.20. The largest absolute Gasteiger partial charge is 0.468 e. The van der Waals surface area contributed by atoms with Gasteiger partial charge in [-0.2, -0.15) is 0 Å². The maximum absolute atomic E-state index is 12.9. The van der Waals surface area contributed by atoms with Crippen LogP contribution in [-0.4, -0.2) is 54.6 Å². The fraction of sp³-hybridized carbons (Fsp3) is 0.632.